The largest absolute Gasteiger partial charge is 0.379 e. The topological polar surface area (TPSA) is 50.3 Å². The van der Waals surface area contributed by atoms with Crippen LogP contribution in [0.1, 0.15) is 0 Å². The summed E-state index contributed by atoms with van der Waals surface area (Å²) in [7, 11) is 0. The van der Waals surface area contributed by atoms with Crippen molar-refractivity contribution in [3.8, 4) is 11.3 Å². The van der Waals surface area contributed by atoms with Crippen LogP contribution in [-0.4, -0.2) is 54.3 Å². The lowest BCUT2D eigenvalue weighted by Gasteiger charge is -2.26. The summed E-state index contributed by atoms with van der Waals surface area (Å²) in [4.78, 5) is 11.4. The molecule has 1 fully saturated rings. The van der Waals surface area contributed by atoms with Crippen molar-refractivity contribution in [1.82, 2.24) is 14.9 Å². The van der Waals surface area contributed by atoms with E-state index in [4.69, 9.17) is 4.74 Å². The zero-order chi connectivity index (χ0) is 16.9. The zero-order valence-electron chi connectivity index (χ0n) is 14.2. The maximum Gasteiger partial charge on any atom is 0.223 e. The molecule has 25 heavy (non-hydrogen) atoms. The molecule has 0 radical (unpaired) electrons. The lowest BCUT2D eigenvalue weighted by atomic mass is 10.1. The number of hydrogen-bond acceptors (Lipinski definition) is 5. The number of fused-ring (bicyclic) bond motifs is 1. The Labute approximate surface area is 147 Å². The molecule has 5 nitrogen and oxygen atoms in total. The van der Waals surface area contributed by atoms with Gasteiger partial charge in [-0.3, -0.25) is 4.90 Å². The number of nitrogens with one attached hydrogen (secondary N) is 1. The number of ether oxygens (including phenoxy) is 1. The highest BCUT2D eigenvalue weighted by Gasteiger charge is 2.09. The second-order valence-corrected chi connectivity index (χ2v) is 6.21. The average molecular weight is 334 g/mol. The summed E-state index contributed by atoms with van der Waals surface area (Å²) < 4.78 is 5.37. The van der Waals surface area contributed by atoms with Crippen LogP contribution in [0, 0.1) is 0 Å². The van der Waals surface area contributed by atoms with Gasteiger partial charge < -0.3 is 10.1 Å². The molecular formula is C20H22N4O. The Bertz CT molecular complexity index is 846. The van der Waals surface area contributed by atoms with Crippen LogP contribution in [0.5, 0.6) is 0 Å². The minimum absolute atomic E-state index is 0.680. The predicted molar refractivity (Wildman–Crippen MR) is 101 cm³/mol. The van der Waals surface area contributed by atoms with Gasteiger partial charge in [-0.05, 0) is 22.9 Å². The van der Waals surface area contributed by atoms with Gasteiger partial charge in [0.1, 0.15) is 0 Å². The summed E-state index contributed by atoms with van der Waals surface area (Å²) in [5.41, 5.74) is 2.05. The summed E-state index contributed by atoms with van der Waals surface area (Å²) in [6.45, 7) is 5.47. The Morgan fingerprint density at radius 3 is 2.72 bits per heavy atom. The van der Waals surface area contributed by atoms with E-state index in [1.807, 2.05) is 12.3 Å². The Morgan fingerprint density at radius 2 is 1.84 bits per heavy atom. The quantitative estimate of drug-likeness (QED) is 0.777. The molecule has 0 atom stereocenters. The van der Waals surface area contributed by atoms with Gasteiger partial charge in [0.25, 0.3) is 0 Å². The van der Waals surface area contributed by atoms with Gasteiger partial charge in [0.2, 0.25) is 5.95 Å². The van der Waals surface area contributed by atoms with Crippen molar-refractivity contribution in [1.29, 1.82) is 0 Å². The van der Waals surface area contributed by atoms with E-state index < -0.39 is 0 Å². The SMILES string of the molecule is c1ccc2cc(-c3ccnc(NCCN4CCOCC4)n3)ccc2c1. The van der Waals surface area contributed by atoms with Crippen molar-refractivity contribution in [3.63, 3.8) is 0 Å². The molecule has 4 rings (SSSR count). The molecule has 3 aromatic rings. The third-order valence-electron chi connectivity index (χ3n) is 4.52. The average Bonchev–Trinajstić information content (AvgIpc) is 2.69. The van der Waals surface area contributed by atoms with Crippen LogP contribution < -0.4 is 5.32 Å². The first-order valence-corrected chi connectivity index (χ1v) is 8.75. The highest BCUT2D eigenvalue weighted by Crippen LogP contribution is 2.23. The maximum absolute atomic E-state index is 5.37. The summed E-state index contributed by atoms with van der Waals surface area (Å²) in [5, 5.41) is 5.80. The van der Waals surface area contributed by atoms with Crippen molar-refractivity contribution in [2.45, 2.75) is 0 Å². The Kier molecular flexibility index (Phi) is 4.86. The number of hydrogen-bond donors (Lipinski definition) is 1. The second-order valence-electron chi connectivity index (χ2n) is 6.21. The minimum atomic E-state index is 0.680. The second kappa shape index (κ2) is 7.59. The van der Waals surface area contributed by atoms with E-state index in [1.165, 1.54) is 10.8 Å². The van der Waals surface area contributed by atoms with Gasteiger partial charge in [0.05, 0.1) is 18.9 Å². The predicted octanol–water partition coefficient (Wildman–Crippen LogP) is 3.04. The first-order valence-electron chi connectivity index (χ1n) is 8.75. The molecular weight excluding hydrogens is 312 g/mol. The van der Waals surface area contributed by atoms with E-state index in [-0.39, 0.29) is 0 Å². The number of anilines is 1. The molecule has 1 saturated heterocycles. The fourth-order valence-corrected chi connectivity index (χ4v) is 3.10. The van der Waals surface area contributed by atoms with Crippen LogP contribution >= 0.6 is 0 Å². The van der Waals surface area contributed by atoms with Crippen LogP contribution in [-0.2, 0) is 4.74 Å². The molecule has 2 heterocycles. The third kappa shape index (κ3) is 3.95. The highest BCUT2D eigenvalue weighted by molar-refractivity contribution is 5.86. The van der Waals surface area contributed by atoms with E-state index in [0.29, 0.717) is 5.95 Å². The Morgan fingerprint density at radius 1 is 1.00 bits per heavy atom. The molecule has 5 heteroatoms. The highest BCUT2D eigenvalue weighted by atomic mass is 16.5. The van der Waals surface area contributed by atoms with E-state index in [2.05, 4.69) is 62.6 Å². The lowest BCUT2D eigenvalue weighted by Crippen LogP contribution is -2.39. The van der Waals surface area contributed by atoms with Crippen molar-refractivity contribution < 1.29 is 4.74 Å². The molecule has 1 aromatic heterocycles. The molecule has 0 saturated carbocycles. The summed E-state index contributed by atoms with van der Waals surface area (Å²) in [6, 6.07) is 16.8. The molecule has 0 spiro atoms. The fourth-order valence-electron chi connectivity index (χ4n) is 3.10. The van der Waals surface area contributed by atoms with Gasteiger partial charge in [0.15, 0.2) is 0 Å². The Balaban J connectivity index is 1.44. The standard InChI is InChI=1S/C20H22N4O/c1-2-4-17-15-18(6-5-16(17)3-1)19-7-8-21-20(23-19)22-9-10-24-11-13-25-14-12-24/h1-8,15H,9-14H2,(H,21,22,23). The molecule has 1 N–H and O–H groups in total. The lowest BCUT2D eigenvalue weighted by molar-refractivity contribution is 0.0398. The maximum atomic E-state index is 5.37. The zero-order valence-corrected chi connectivity index (χ0v) is 14.2. The van der Waals surface area contributed by atoms with Gasteiger partial charge in [-0.1, -0.05) is 36.4 Å². The van der Waals surface area contributed by atoms with Gasteiger partial charge in [0, 0.05) is 37.9 Å². The first kappa shape index (κ1) is 16.0. The van der Waals surface area contributed by atoms with Crippen LogP contribution in [0.3, 0.4) is 0 Å². The minimum Gasteiger partial charge on any atom is -0.379 e. The molecule has 0 unspecified atom stereocenters. The molecule has 2 aromatic carbocycles. The van der Waals surface area contributed by atoms with Crippen LogP contribution in [0.4, 0.5) is 5.95 Å². The summed E-state index contributed by atoms with van der Waals surface area (Å²) in [5.74, 6) is 0.680. The van der Waals surface area contributed by atoms with Crippen LogP contribution in [0.25, 0.3) is 22.0 Å². The van der Waals surface area contributed by atoms with Crippen molar-refractivity contribution in [2.24, 2.45) is 0 Å². The van der Waals surface area contributed by atoms with E-state index >= 15 is 0 Å². The van der Waals surface area contributed by atoms with E-state index in [1.54, 1.807) is 0 Å². The van der Waals surface area contributed by atoms with Crippen molar-refractivity contribution >= 4 is 16.7 Å². The number of aromatic nitrogens is 2. The normalized spacial score (nSPS) is 15.4. The molecule has 0 bridgehead atoms. The van der Waals surface area contributed by atoms with Gasteiger partial charge in [-0.15, -0.1) is 0 Å². The Hall–Kier alpha value is -2.50. The van der Waals surface area contributed by atoms with Crippen molar-refractivity contribution in [3.05, 3.63) is 54.7 Å². The monoisotopic (exact) mass is 334 g/mol. The van der Waals surface area contributed by atoms with E-state index in [9.17, 15) is 0 Å². The van der Waals surface area contributed by atoms with Gasteiger partial charge in [-0.25, -0.2) is 9.97 Å². The summed E-state index contributed by atoms with van der Waals surface area (Å²) in [6.07, 6.45) is 1.81. The fraction of sp³-hybridized carbons (Fsp3) is 0.300. The first-order chi connectivity index (χ1) is 12.4. The summed E-state index contributed by atoms with van der Waals surface area (Å²) >= 11 is 0. The van der Waals surface area contributed by atoms with Gasteiger partial charge >= 0.3 is 0 Å². The smallest absolute Gasteiger partial charge is 0.223 e. The number of rotatable bonds is 5. The van der Waals surface area contributed by atoms with Crippen LogP contribution in [0.15, 0.2) is 54.7 Å². The van der Waals surface area contributed by atoms with Crippen LogP contribution in [0.2, 0.25) is 0 Å². The molecule has 1 aliphatic heterocycles. The molecule has 0 aliphatic carbocycles. The number of nitrogens with zero attached hydrogens (tertiary/aromatic N) is 3. The molecule has 128 valence electrons. The number of morpholine rings is 1. The molecule has 0 amide bonds. The van der Waals surface area contributed by atoms with Crippen molar-refractivity contribution in [2.75, 3.05) is 44.7 Å². The van der Waals surface area contributed by atoms with Gasteiger partial charge in [-0.2, -0.15) is 0 Å². The third-order valence-corrected chi connectivity index (χ3v) is 4.52. The number of benzene rings is 2. The molecule has 1 aliphatic rings. The van der Waals surface area contributed by atoms with E-state index in [0.717, 1.165) is 50.7 Å².